The Hall–Kier alpha value is -2.06. The summed E-state index contributed by atoms with van der Waals surface area (Å²) in [5.41, 5.74) is -3.16. The summed E-state index contributed by atoms with van der Waals surface area (Å²) in [5, 5.41) is 10.1. The van der Waals surface area contributed by atoms with E-state index in [1.165, 1.54) is 6.92 Å². The van der Waals surface area contributed by atoms with E-state index in [-0.39, 0.29) is 5.57 Å². The van der Waals surface area contributed by atoms with Gasteiger partial charge in [0.25, 0.3) is 5.91 Å². The number of urea groups is 1. The largest absolute Gasteiger partial charge is 0.478 e. The number of carboxylic acids is 1. The quantitative estimate of drug-likeness (QED) is 0.593. The van der Waals surface area contributed by atoms with Crippen LogP contribution in [-0.4, -0.2) is 46.2 Å². The van der Waals surface area contributed by atoms with E-state index in [0.29, 0.717) is 11.8 Å². The molecule has 0 radical (unpaired) electrons. The second-order valence-corrected chi connectivity index (χ2v) is 4.16. The zero-order chi connectivity index (χ0) is 15.0. The van der Waals surface area contributed by atoms with Crippen molar-refractivity contribution in [1.29, 1.82) is 0 Å². The van der Waals surface area contributed by atoms with Crippen LogP contribution in [0.4, 0.5) is 18.0 Å². The van der Waals surface area contributed by atoms with Gasteiger partial charge in [0.1, 0.15) is 0 Å². The lowest BCUT2D eigenvalue weighted by Gasteiger charge is -2.24. The second-order valence-electron chi connectivity index (χ2n) is 4.16. The Morgan fingerprint density at radius 1 is 1.47 bits per heavy atom. The molecule has 0 aromatic rings. The first kappa shape index (κ1) is 15.0. The highest BCUT2D eigenvalue weighted by Gasteiger charge is 2.64. The standard InChI is InChI=1S/C10H11F3N2O4/c1-5(6(16)17)3-4-15-7(18)9(2,10(11,12)13)14-8(15)19/h3H,4H2,1-2H3,(H,14,19)(H,16,17). The number of hydrogen-bond acceptors (Lipinski definition) is 3. The molecule has 0 aromatic heterocycles. The summed E-state index contributed by atoms with van der Waals surface area (Å²) in [5.74, 6) is -2.75. The molecule has 1 heterocycles. The topological polar surface area (TPSA) is 86.7 Å². The Bertz CT molecular complexity index is 472. The molecule has 106 valence electrons. The summed E-state index contributed by atoms with van der Waals surface area (Å²) in [6.45, 7) is 1.22. The van der Waals surface area contributed by atoms with Gasteiger partial charge in [0, 0.05) is 12.1 Å². The maximum atomic E-state index is 12.7. The number of carboxylic acid groups (broad SMARTS) is 1. The van der Waals surface area contributed by atoms with Gasteiger partial charge in [-0.1, -0.05) is 6.08 Å². The molecule has 3 amide bonds. The van der Waals surface area contributed by atoms with Crippen LogP contribution in [0, 0.1) is 0 Å². The summed E-state index contributed by atoms with van der Waals surface area (Å²) < 4.78 is 38.1. The van der Waals surface area contributed by atoms with Crippen molar-refractivity contribution in [2.45, 2.75) is 25.6 Å². The molecule has 1 fully saturated rings. The highest BCUT2D eigenvalue weighted by atomic mass is 19.4. The van der Waals surface area contributed by atoms with Crippen molar-refractivity contribution >= 4 is 17.9 Å². The number of carbonyl (C=O) groups is 3. The molecule has 1 aliphatic heterocycles. The molecular formula is C10H11F3N2O4. The molecule has 0 saturated carbocycles. The van der Waals surface area contributed by atoms with Crippen LogP contribution in [0.3, 0.4) is 0 Å². The van der Waals surface area contributed by atoms with E-state index >= 15 is 0 Å². The van der Waals surface area contributed by atoms with E-state index < -0.39 is 36.2 Å². The Balaban J connectivity index is 2.96. The lowest BCUT2D eigenvalue weighted by molar-refractivity contribution is -0.190. The minimum Gasteiger partial charge on any atom is -0.478 e. The van der Waals surface area contributed by atoms with Crippen LogP contribution < -0.4 is 5.32 Å². The fourth-order valence-corrected chi connectivity index (χ4v) is 1.37. The van der Waals surface area contributed by atoms with Gasteiger partial charge in [-0.3, -0.25) is 9.69 Å². The van der Waals surface area contributed by atoms with Crippen molar-refractivity contribution in [1.82, 2.24) is 10.2 Å². The van der Waals surface area contributed by atoms with Gasteiger partial charge < -0.3 is 10.4 Å². The van der Waals surface area contributed by atoms with Crippen LogP contribution in [0.25, 0.3) is 0 Å². The minimum atomic E-state index is -4.93. The van der Waals surface area contributed by atoms with Gasteiger partial charge in [-0.05, 0) is 13.8 Å². The monoisotopic (exact) mass is 280 g/mol. The van der Waals surface area contributed by atoms with Crippen molar-refractivity contribution in [2.24, 2.45) is 0 Å². The number of alkyl halides is 3. The van der Waals surface area contributed by atoms with E-state index in [2.05, 4.69) is 0 Å². The molecule has 19 heavy (non-hydrogen) atoms. The van der Waals surface area contributed by atoms with Crippen LogP contribution in [0.5, 0.6) is 0 Å². The molecule has 1 saturated heterocycles. The molecule has 0 spiro atoms. The van der Waals surface area contributed by atoms with E-state index in [4.69, 9.17) is 5.11 Å². The molecule has 0 aromatic carbocycles. The first-order valence-electron chi connectivity index (χ1n) is 5.11. The third-order valence-electron chi connectivity index (χ3n) is 2.76. The van der Waals surface area contributed by atoms with Crippen molar-refractivity contribution in [3.63, 3.8) is 0 Å². The number of imide groups is 1. The normalized spacial score (nSPS) is 24.7. The Morgan fingerprint density at radius 3 is 2.37 bits per heavy atom. The van der Waals surface area contributed by atoms with Crippen molar-refractivity contribution in [2.75, 3.05) is 6.54 Å². The number of nitrogens with zero attached hydrogens (tertiary/aromatic N) is 1. The highest BCUT2D eigenvalue weighted by molar-refractivity contribution is 6.07. The number of hydrogen-bond donors (Lipinski definition) is 2. The maximum absolute atomic E-state index is 12.7. The van der Waals surface area contributed by atoms with Gasteiger partial charge in [-0.25, -0.2) is 9.59 Å². The van der Waals surface area contributed by atoms with Crippen molar-refractivity contribution in [3.05, 3.63) is 11.6 Å². The molecule has 1 atom stereocenters. The van der Waals surface area contributed by atoms with Crippen LogP contribution in [-0.2, 0) is 9.59 Å². The molecule has 1 aliphatic rings. The lowest BCUT2D eigenvalue weighted by Crippen LogP contribution is -2.56. The van der Waals surface area contributed by atoms with E-state index in [0.717, 1.165) is 6.08 Å². The summed E-state index contributed by atoms with van der Waals surface area (Å²) in [6, 6.07) is -1.21. The third kappa shape index (κ3) is 2.54. The average Bonchev–Trinajstić information content (AvgIpc) is 2.47. The number of rotatable bonds is 3. The number of halogens is 3. The number of amides is 3. The smallest absolute Gasteiger partial charge is 0.420 e. The van der Waals surface area contributed by atoms with Crippen LogP contribution in [0.1, 0.15) is 13.8 Å². The zero-order valence-electron chi connectivity index (χ0n) is 10.0. The molecule has 0 bridgehead atoms. The van der Waals surface area contributed by atoms with Crippen LogP contribution in [0.2, 0.25) is 0 Å². The van der Waals surface area contributed by atoms with Gasteiger partial charge in [-0.2, -0.15) is 13.2 Å². The van der Waals surface area contributed by atoms with E-state index in [1.807, 2.05) is 0 Å². The fourth-order valence-electron chi connectivity index (χ4n) is 1.37. The lowest BCUT2D eigenvalue weighted by atomic mass is 10.0. The molecule has 2 N–H and O–H groups in total. The van der Waals surface area contributed by atoms with Crippen molar-refractivity contribution < 1.29 is 32.7 Å². The van der Waals surface area contributed by atoms with Gasteiger partial charge in [-0.15, -0.1) is 0 Å². The van der Waals surface area contributed by atoms with Crippen LogP contribution in [0.15, 0.2) is 11.6 Å². The van der Waals surface area contributed by atoms with E-state index in [9.17, 15) is 27.6 Å². The minimum absolute atomic E-state index is 0.179. The third-order valence-corrected chi connectivity index (χ3v) is 2.76. The van der Waals surface area contributed by atoms with Crippen LogP contribution >= 0.6 is 0 Å². The highest BCUT2D eigenvalue weighted by Crippen LogP contribution is 2.35. The first-order valence-corrected chi connectivity index (χ1v) is 5.11. The maximum Gasteiger partial charge on any atom is 0.420 e. The number of nitrogens with one attached hydrogen (secondary N) is 1. The summed E-state index contributed by atoms with van der Waals surface area (Å²) in [6.07, 6.45) is -3.94. The number of carbonyl (C=O) groups excluding carboxylic acids is 2. The average molecular weight is 280 g/mol. The first-order chi connectivity index (χ1) is 8.50. The molecule has 1 unspecified atom stereocenters. The van der Waals surface area contributed by atoms with Gasteiger partial charge in [0.2, 0.25) is 5.54 Å². The second kappa shape index (κ2) is 4.56. The van der Waals surface area contributed by atoms with Gasteiger partial charge >= 0.3 is 18.2 Å². The summed E-state index contributed by atoms with van der Waals surface area (Å²) in [4.78, 5) is 33.8. The zero-order valence-corrected chi connectivity index (χ0v) is 10.0. The molecule has 0 aliphatic carbocycles. The predicted octanol–water partition coefficient (Wildman–Crippen LogP) is 0.890. The number of aliphatic carboxylic acids is 1. The molecule has 9 heteroatoms. The predicted molar refractivity (Wildman–Crippen MR) is 56.1 cm³/mol. The Kier molecular flexibility index (Phi) is 3.60. The fraction of sp³-hybridized carbons (Fsp3) is 0.500. The van der Waals surface area contributed by atoms with Gasteiger partial charge in [0.05, 0.1) is 0 Å². The molecule has 1 rings (SSSR count). The summed E-state index contributed by atoms with van der Waals surface area (Å²) >= 11 is 0. The Labute approximate surface area is 105 Å². The molecular weight excluding hydrogens is 269 g/mol. The van der Waals surface area contributed by atoms with Gasteiger partial charge in [0.15, 0.2) is 0 Å². The van der Waals surface area contributed by atoms with E-state index in [1.54, 1.807) is 5.32 Å². The Morgan fingerprint density at radius 2 is 2.00 bits per heavy atom. The SMILES string of the molecule is CC(=CCN1C(=O)NC(C)(C(F)(F)F)C1=O)C(=O)O. The van der Waals surface area contributed by atoms with Crippen molar-refractivity contribution in [3.8, 4) is 0 Å². The summed E-state index contributed by atoms with van der Waals surface area (Å²) in [7, 11) is 0. The molecule has 6 nitrogen and oxygen atoms in total.